The molecule has 0 spiro atoms. The fourth-order valence-electron chi connectivity index (χ4n) is 1.49. The normalized spacial score (nSPS) is 16.8. The smallest absolute Gasteiger partial charge is 0.276 e. The van der Waals surface area contributed by atoms with Gasteiger partial charge in [-0.15, -0.1) is 0 Å². The number of rotatable bonds is 2. The molecule has 0 aromatic heterocycles. The Morgan fingerprint density at radius 3 is 2.07 bits per heavy atom. The van der Waals surface area contributed by atoms with Crippen LogP contribution in [0.1, 0.15) is 27.6 Å². The first-order valence-corrected chi connectivity index (χ1v) is 4.53. The molecule has 78 valence electrons. The quantitative estimate of drug-likeness (QED) is 0.533. The number of fused-ring (bicyclic) bond motifs is 1. The number of benzene rings is 1. The highest BCUT2D eigenvalue weighted by Gasteiger charge is 2.35. The lowest BCUT2D eigenvalue weighted by Crippen LogP contribution is -2.46. The van der Waals surface area contributed by atoms with Gasteiger partial charge in [-0.2, -0.15) is 5.43 Å². The zero-order valence-electron chi connectivity index (χ0n) is 8.10. The number of carbonyl (C=O) groups excluding carboxylic acids is 2. The van der Waals surface area contributed by atoms with E-state index in [2.05, 4.69) is 5.43 Å². The number of carbonyl (C=O) groups is 2. The van der Waals surface area contributed by atoms with E-state index in [9.17, 15) is 9.59 Å². The van der Waals surface area contributed by atoms with E-state index >= 15 is 0 Å². The van der Waals surface area contributed by atoms with Crippen molar-refractivity contribution in [1.29, 1.82) is 0 Å². The molecule has 15 heavy (non-hydrogen) atoms. The SMILES string of the molecule is CC(O)NN1C(=O)c2ccccc2C1=O. The van der Waals surface area contributed by atoms with Gasteiger partial charge in [-0.1, -0.05) is 12.1 Å². The van der Waals surface area contributed by atoms with Crippen LogP contribution in [-0.4, -0.2) is 28.2 Å². The number of nitrogens with zero attached hydrogens (tertiary/aromatic N) is 1. The fourth-order valence-corrected chi connectivity index (χ4v) is 1.49. The second-order valence-corrected chi connectivity index (χ2v) is 3.30. The number of imide groups is 1. The fraction of sp³-hybridized carbons (Fsp3) is 0.200. The molecule has 0 aliphatic carbocycles. The summed E-state index contributed by atoms with van der Waals surface area (Å²) in [5, 5.41) is 9.90. The molecule has 1 aliphatic heterocycles. The van der Waals surface area contributed by atoms with Crippen LogP contribution in [0.3, 0.4) is 0 Å². The molecule has 1 aromatic carbocycles. The molecular weight excluding hydrogens is 196 g/mol. The van der Waals surface area contributed by atoms with Gasteiger partial charge < -0.3 is 5.11 Å². The highest BCUT2D eigenvalue weighted by molar-refractivity contribution is 6.20. The number of aliphatic hydroxyl groups excluding tert-OH is 1. The molecule has 2 N–H and O–H groups in total. The van der Waals surface area contributed by atoms with Gasteiger partial charge in [-0.05, 0) is 19.1 Å². The Hall–Kier alpha value is -1.72. The molecule has 1 unspecified atom stereocenters. The van der Waals surface area contributed by atoms with Crippen LogP contribution in [0, 0.1) is 0 Å². The van der Waals surface area contributed by atoms with E-state index in [1.165, 1.54) is 6.92 Å². The summed E-state index contributed by atoms with van der Waals surface area (Å²) >= 11 is 0. The summed E-state index contributed by atoms with van der Waals surface area (Å²) in [5.74, 6) is -0.868. The van der Waals surface area contributed by atoms with Crippen LogP contribution in [-0.2, 0) is 0 Å². The van der Waals surface area contributed by atoms with E-state index < -0.39 is 18.0 Å². The predicted octanol–water partition coefficient (Wildman–Crippen LogP) is 0.126. The Morgan fingerprint density at radius 1 is 1.20 bits per heavy atom. The van der Waals surface area contributed by atoms with Crippen LogP contribution < -0.4 is 5.43 Å². The van der Waals surface area contributed by atoms with Crippen molar-refractivity contribution in [3.05, 3.63) is 35.4 Å². The molecule has 2 rings (SSSR count). The lowest BCUT2D eigenvalue weighted by Gasteiger charge is -2.16. The van der Waals surface area contributed by atoms with Crippen LogP contribution in [0.15, 0.2) is 24.3 Å². The van der Waals surface area contributed by atoms with E-state index in [4.69, 9.17) is 5.11 Å². The standard InChI is InChI=1S/C10H10N2O3/c1-6(13)11-12-9(14)7-4-2-3-5-8(7)10(12)15/h2-6,11,13H,1H3. The minimum absolute atomic E-state index is 0.357. The van der Waals surface area contributed by atoms with Crippen LogP contribution in [0.4, 0.5) is 0 Å². The van der Waals surface area contributed by atoms with E-state index in [1.54, 1.807) is 24.3 Å². The van der Waals surface area contributed by atoms with Crippen LogP contribution >= 0.6 is 0 Å². The van der Waals surface area contributed by atoms with Crippen molar-refractivity contribution >= 4 is 11.8 Å². The van der Waals surface area contributed by atoms with Gasteiger partial charge in [-0.25, -0.2) is 5.01 Å². The molecule has 0 saturated heterocycles. The minimum atomic E-state index is -0.952. The highest BCUT2D eigenvalue weighted by Crippen LogP contribution is 2.20. The average molecular weight is 206 g/mol. The first kappa shape index (κ1) is 9.82. The van der Waals surface area contributed by atoms with Gasteiger partial charge in [0, 0.05) is 0 Å². The zero-order valence-corrected chi connectivity index (χ0v) is 8.10. The second-order valence-electron chi connectivity index (χ2n) is 3.30. The third kappa shape index (κ3) is 1.51. The van der Waals surface area contributed by atoms with Crippen molar-refractivity contribution < 1.29 is 14.7 Å². The third-order valence-electron chi connectivity index (χ3n) is 2.11. The summed E-state index contributed by atoms with van der Waals surface area (Å²) in [5.41, 5.74) is 3.09. The van der Waals surface area contributed by atoms with E-state index in [1.807, 2.05) is 0 Å². The number of amides is 2. The maximum absolute atomic E-state index is 11.7. The van der Waals surface area contributed by atoms with Gasteiger partial charge in [0.05, 0.1) is 11.1 Å². The Kier molecular flexibility index (Phi) is 2.26. The maximum atomic E-state index is 11.7. The van der Waals surface area contributed by atoms with Gasteiger partial charge in [0.1, 0.15) is 6.23 Å². The lowest BCUT2D eigenvalue weighted by molar-refractivity contribution is 0.0323. The topological polar surface area (TPSA) is 69.6 Å². The molecule has 0 bridgehead atoms. The molecular formula is C10H10N2O3. The highest BCUT2D eigenvalue weighted by atomic mass is 16.3. The van der Waals surface area contributed by atoms with Crippen LogP contribution in [0.25, 0.3) is 0 Å². The molecule has 1 aliphatic rings. The van der Waals surface area contributed by atoms with Gasteiger partial charge >= 0.3 is 0 Å². The molecule has 5 nitrogen and oxygen atoms in total. The number of aliphatic hydroxyl groups is 1. The summed E-state index contributed by atoms with van der Waals surface area (Å²) < 4.78 is 0. The summed E-state index contributed by atoms with van der Waals surface area (Å²) in [6.45, 7) is 1.43. The van der Waals surface area contributed by atoms with E-state index in [-0.39, 0.29) is 0 Å². The number of hydrogen-bond donors (Lipinski definition) is 2. The molecule has 2 amide bonds. The van der Waals surface area contributed by atoms with Gasteiger partial charge in [0.25, 0.3) is 11.8 Å². The number of hydrogen-bond acceptors (Lipinski definition) is 4. The van der Waals surface area contributed by atoms with Crippen molar-refractivity contribution in [1.82, 2.24) is 10.4 Å². The molecule has 1 heterocycles. The summed E-state index contributed by atoms with van der Waals surface area (Å²) in [6.07, 6.45) is -0.952. The van der Waals surface area contributed by atoms with Crippen molar-refractivity contribution in [2.45, 2.75) is 13.2 Å². The van der Waals surface area contributed by atoms with Crippen molar-refractivity contribution in [2.24, 2.45) is 0 Å². The molecule has 1 aromatic rings. The Bertz CT molecular complexity index is 393. The van der Waals surface area contributed by atoms with Gasteiger partial charge in [0.2, 0.25) is 0 Å². The second kappa shape index (κ2) is 3.45. The van der Waals surface area contributed by atoms with Crippen LogP contribution in [0.2, 0.25) is 0 Å². The zero-order chi connectivity index (χ0) is 11.0. The summed E-state index contributed by atoms with van der Waals surface area (Å²) in [7, 11) is 0. The Morgan fingerprint density at radius 2 is 1.67 bits per heavy atom. The van der Waals surface area contributed by atoms with E-state index in [0.29, 0.717) is 11.1 Å². The van der Waals surface area contributed by atoms with Gasteiger partial charge in [0.15, 0.2) is 0 Å². The molecule has 5 heteroatoms. The van der Waals surface area contributed by atoms with Crippen molar-refractivity contribution in [3.8, 4) is 0 Å². The molecule has 0 fully saturated rings. The average Bonchev–Trinajstić information content (AvgIpc) is 2.44. The Labute approximate surface area is 86.3 Å². The molecule has 0 radical (unpaired) electrons. The largest absolute Gasteiger partial charge is 0.377 e. The summed E-state index contributed by atoms with van der Waals surface area (Å²) in [4.78, 5) is 23.3. The first-order chi connectivity index (χ1) is 7.11. The third-order valence-corrected chi connectivity index (χ3v) is 2.11. The van der Waals surface area contributed by atoms with Crippen molar-refractivity contribution in [2.75, 3.05) is 0 Å². The number of hydrazine groups is 1. The summed E-state index contributed by atoms with van der Waals surface area (Å²) in [6, 6.07) is 6.55. The number of nitrogens with one attached hydrogen (secondary N) is 1. The predicted molar refractivity (Wildman–Crippen MR) is 51.8 cm³/mol. The maximum Gasteiger partial charge on any atom is 0.276 e. The Balaban J connectivity index is 2.37. The molecule has 1 atom stereocenters. The first-order valence-electron chi connectivity index (χ1n) is 4.53. The van der Waals surface area contributed by atoms with Crippen molar-refractivity contribution in [3.63, 3.8) is 0 Å². The van der Waals surface area contributed by atoms with E-state index in [0.717, 1.165) is 5.01 Å². The minimum Gasteiger partial charge on any atom is -0.377 e. The molecule has 0 saturated carbocycles. The lowest BCUT2D eigenvalue weighted by atomic mass is 10.1. The van der Waals surface area contributed by atoms with Gasteiger partial charge in [-0.3, -0.25) is 9.59 Å². The van der Waals surface area contributed by atoms with Crippen LogP contribution in [0.5, 0.6) is 0 Å². The monoisotopic (exact) mass is 206 g/mol.